The Hall–Kier alpha value is -1.35. The third-order valence-corrected chi connectivity index (χ3v) is 2.20. The molecule has 1 aromatic carbocycles. The lowest BCUT2D eigenvalue weighted by Gasteiger charge is -2.06. The molecule has 3 nitrogen and oxygen atoms in total. The number of benzene rings is 1. The van der Waals surface area contributed by atoms with E-state index in [9.17, 15) is 4.79 Å². The first kappa shape index (κ1) is 11.7. The SMILES string of the molecule is COCCCNC(=O)c1ccccc1C. The molecule has 0 unspecified atom stereocenters. The molecule has 0 saturated carbocycles. The average Bonchev–Trinajstić information content (AvgIpc) is 2.25. The quantitative estimate of drug-likeness (QED) is 0.747. The Bertz CT molecular complexity index is 323. The van der Waals surface area contributed by atoms with Crippen LogP contribution in [0.1, 0.15) is 22.3 Å². The molecule has 0 aliphatic rings. The van der Waals surface area contributed by atoms with E-state index in [1.54, 1.807) is 7.11 Å². The summed E-state index contributed by atoms with van der Waals surface area (Å²) in [6.45, 7) is 3.26. The summed E-state index contributed by atoms with van der Waals surface area (Å²) in [5.74, 6) is -0.01000. The van der Waals surface area contributed by atoms with Crippen LogP contribution >= 0.6 is 0 Å². The van der Waals surface area contributed by atoms with Gasteiger partial charge in [0.2, 0.25) is 0 Å². The van der Waals surface area contributed by atoms with Crippen LogP contribution in [0, 0.1) is 6.92 Å². The number of rotatable bonds is 5. The van der Waals surface area contributed by atoms with Gasteiger partial charge < -0.3 is 10.1 Å². The number of carbonyl (C=O) groups excluding carboxylic acids is 1. The number of hydrogen-bond acceptors (Lipinski definition) is 2. The van der Waals surface area contributed by atoms with Gasteiger partial charge in [0.1, 0.15) is 0 Å². The lowest BCUT2D eigenvalue weighted by molar-refractivity contribution is 0.0948. The van der Waals surface area contributed by atoms with E-state index in [2.05, 4.69) is 5.32 Å². The van der Waals surface area contributed by atoms with Gasteiger partial charge in [-0.15, -0.1) is 0 Å². The molecular formula is C12H17NO2. The first-order valence-electron chi connectivity index (χ1n) is 5.08. The fourth-order valence-electron chi connectivity index (χ4n) is 1.34. The summed E-state index contributed by atoms with van der Waals surface area (Å²) in [5.41, 5.74) is 1.75. The van der Waals surface area contributed by atoms with Gasteiger partial charge >= 0.3 is 0 Å². The Morgan fingerprint density at radius 3 is 2.80 bits per heavy atom. The summed E-state index contributed by atoms with van der Waals surface area (Å²) >= 11 is 0. The topological polar surface area (TPSA) is 38.3 Å². The van der Waals surface area contributed by atoms with Crippen LogP contribution in [0.4, 0.5) is 0 Å². The molecule has 15 heavy (non-hydrogen) atoms. The lowest BCUT2D eigenvalue weighted by atomic mass is 10.1. The van der Waals surface area contributed by atoms with Crippen LogP contribution in [0.5, 0.6) is 0 Å². The third kappa shape index (κ3) is 3.72. The predicted octanol–water partition coefficient (Wildman–Crippen LogP) is 1.76. The highest BCUT2D eigenvalue weighted by atomic mass is 16.5. The third-order valence-electron chi connectivity index (χ3n) is 2.20. The molecule has 0 spiro atoms. The van der Waals surface area contributed by atoms with Gasteiger partial charge in [0, 0.05) is 25.8 Å². The molecule has 0 saturated heterocycles. The predicted molar refractivity (Wildman–Crippen MR) is 60.0 cm³/mol. The van der Waals surface area contributed by atoms with Crippen LogP contribution < -0.4 is 5.32 Å². The second kappa shape index (κ2) is 6.19. The molecule has 0 aromatic heterocycles. The van der Waals surface area contributed by atoms with Gasteiger partial charge in [-0.05, 0) is 25.0 Å². The van der Waals surface area contributed by atoms with Gasteiger partial charge in [-0.1, -0.05) is 18.2 Å². The first-order valence-corrected chi connectivity index (χ1v) is 5.08. The van der Waals surface area contributed by atoms with E-state index >= 15 is 0 Å². The molecule has 82 valence electrons. The molecule has 0 aliphatic heterocycles. The van der Waals surface area contributed by atoms with E-state index in [-0.39, 0.29) is 5.91 Å². The number of methoxy groups -OCH3 is 1. The van der Waals surface area contributed by atoms with Crippen LogP contribution in [-0.4, -0.2) is 26.2 Å². The highest BCUT2D eigenvalue weighted by Gasteiger charge is 2.06. The van der Waals surface area contributed by atoms with Crippen molar-refractivity contribution in [1.29, 1.82) is 0 Å². The number of amides is 1. The van der Waals surface area contributed by atoms with Crippen molar-refractivity contribution in [2.24, 2.45) is 0 Å². The minimum Gasteiger partial charge on any atom is -0.385 e. The zero-order valence-electron chi connectivity index (χ0n) is 9.25. The van der Waals surface area contributed by atoms with Crippen molar-refractivity contribution in [1.82, 2.24) is 5.32 Å². The molecule has 0 bridgehead atoms. The summed E-state index contributed by atoms with van der Waals surface area (Å²) in [7, 11) is 1.66. The standard InChI is InChI=1S/C12H17NO2/c1-10-6-3-4-7-11(10)12(14)13-8-5-9-15-2/h3-4,6-7H,5,8-9H2,1-2H3,(H,13,14). The van der Waals surface area contributed by atoms with Crippen LogP contribution in [0.2, 0.25) is 0 Å². The van der Waals surface area contributed by atoms with Crippen LogP contribution in [0.25, 0.3) is 0 Å². The lowest BCUT2D eigenvalue weighted by Crippen LogP contribution is -2.25. The molecule has 0 fully saturated rings. The van der Waals surface area contributed by atoms with E-state index in [1.165, 1.54) is 0 Å². The maximum Gasteiger partial charge on any atom is 0.251 e. The Morgan fingerprint density at radius 1 is 1.40 bits per heavy atom. The number of ether oxygens (including phenoxy) is 1. The van der Waals surface area contributed by atoms with Gasteiger partial charge in [0.05, 0.1) is 0 Å². The van der Waals surface area contributed by atoms with Gasteiger partial charge in [0.15, 0.2) is 0 Å². The summed E-state index contributed by atoms with van der Waals surface area (Å²) < 4.78 is 4.90. The van der Waals surface area contributed by atoms with Crippen LogP contribution in [-0.2, 0) is 4.74 Å². The summed E-state index contributed by atoms with van der Waals surface area (Å²) in [6, 6.07) is 7.57. The van der Waals surface area contributed by atoms with E-state index in [0.29, 0.717) is 13.2 Å². The molecule has 1 rings (SSSR count). The Balaban J connectivity index is 2.44. The van der Waals surface area contributed by atoms with Gasteiger partial charge in [-0.2, -0.15) is 0 Å². The van der Waals surface area contributed by atoms with Crippen molar-refractivity contribution < 1.29 is 9.53 Å². The van der Waals surface area contributed by atoms with Crippen molar-refractivity contribution in [2.45, 2.75) is 13.3 Å². The van der Waals surface area contributed by atoms with Crippen molar-refractivity contribution in [2.75, 3.05) is 20.3 Å². The summed E-state index contributed by atoms with van der Waals surface area (Å²) in [4.78, 5) is 11.7. The van der Waals surface area contributed by atoms with Gasteiger partial charge in [-0.3, -0.25) is 4.79 Å². The molecule has 0 atom stereocenters. The van der Waals surface area contributed by atoms with Crippen molar-refractivity contribution >= 4 is 5.91 Å². The molecule has 1 N–H and O–H groups in total. The molecule has 3 heteroatoms. The maximum atomic E-state index is 11.7. The second-order valence-electron chi connectivity index (χ2n) is 3.42. The highest BCUT2D eigenvalue weighted by molar-refractivity contribution is 5.95. The van der Waals surface area contributed by atoms with Gasteiger partial charge in [0.25, 0.3) is 5.91 Å². The van der Waals surface area contributed by atoms with Crippen LogP contribution in [0.3, 0.4) is 0 Å². The highest BCUT2D eigenvalue weighted by Crippen LogP contribution is 2.06. The summed E-state index contributed by atoms with van der Waals surface area (Å²) in [5, 5.41) is 2.86. The second-order valence-corrected chi connectivity index (χ2v) is 3.42. The average molecular weight is 207 g/mol. The zero-order chi connectivity index (χ0) is 11.1. The van der Waals surface area contributed by atoms with Crippen molar-refractivity contribution in [3.63, 3.8) is 0 Å². The fourth-order valence-corrected chi connectivity index (χ4v) is 1.34. The van der Waals surface area contributed by atoms with E-state index in [4.69, 9.17) is 4.74 Å². The monoisotopic (exact) mass is 207 g/mol. The molecule has 0 aliphatic carbocycles. The molecular weight excluding hydrogens is 190 g/mol. The maximum absolute atomic E-state index is 11.7. The number of hydrogen-bond donors (Lipinski definition) is 1. The zero-order valence-corrected chi connectivity index (χ0v) is 9.25. The van der Waals surface area contributed by atoms with E-state index in [1.807, 2.05) is 31.2 Å². The first-order chi connectivity index (χ1) is 7.25. The smallest absolute Gasteiger partial charge is 0.251 e. The Labute approximate surface area is 90.4 Å². The fraction of sp³-hybridized carbons (Fsp3) is 0.417. The Morgan fingerprint density at radius 2 is 2.13 bits per heavy atom. The number of nitrogens with one attached hydrogen (secondary N) is 1. The van der Waals surface area contributed by atoms with Crippen LogP contribution in [0.15, 0.2) is 24.3 Å². The van der Waals surface area contributed by atoms with E-state index < -0.39 is 0 Å². The molecule has 1 aromatic rings. The number of carbonyl (C=O) groups is 1. The molecule has 0 heterocycles. The van der Waals surface area contributed by atoms with Crippen molar-refractivity contribution in [3.8, 4) is 0 Å². The molecule has 0 radical (unpaired) electrons. The summed E-state index contributed by atoms with van der Waals surface area (Å²) in [6.07, 6.45) is 0.841. The molecule has 1 amide bonds. The Kier molecular flexibility index (Phi) is 4.84. The van der Waals surface area contributed by atoms with Gasteiger partial charge in [-0.25, -0.2) is 0 Å². The normalized spacial score (nSPS) is 10.0. The minimum absolute atomic E-state index is 0.01000. The van der Waals surface area contributed by atoms with E-state index in [0.717, 1.165) is 17.5 Å². The van der Waals surface area contributed by atoms with Crippen molar-refractivity contribution in [3.05, 3.63) is 35.4 Å². The minimum atomic E-state index is -0.01000. The number of aryl methyl sites for hydroxylation is 1. The largest absolute Gasteiger partial charge is 0.385 e.